The van der Waals surface area contributed by atoms with E-state index in [0.717, 1.165) is 16.9 Å². The van der Waals surface area contributed by atoms with Crippen LogP contribution < -0.4 is 10.6 Å². The first-order valence-electron chi connectivity index (χ1n) is 8.22. The molecule has 0 aliphatic rings. The van der Waals surface area contributed by atoms with E-state index < -0.39 is 11.8 Å². The molecule has 0 saturated heterocycles. The quantitative estimate of drug-likeness (QED) is 0.652. The van der Waals surface area contributed by atoms with Gasteiger partial charge in [0.25, 0.3) is 0 Å². The maximum atomic E-state index is 12.2. The van der Waals surface area contributed by atoms with Crippen LogP contribution in [0.5, 0.6) is 0 Å². The number of aromatic nitrogens is 3. The molecule has 0 unspecified atom stereocenters. The molecule has 3 aromatic rings. The van der Waals surface area contributed by atoms with Gasteiger partial charge >= 0.3 is 11.8 Å². The van der Waals surface area contributed by atoms with E-state index in [-0.39, 0.29) is 0 Å². The highest BCUT2D eigenvalue weighted by Crippen LogP contribution is 2.17. The van der Waals surface area contributed by atoms with Crippen LogP contribution >= 0.6 is 11.3 Å². The molecule has 0 spiro atoms. The van der Waals surface area contributed by atoms with Crippen LogP contribution in [0.4, 0.5) is 5.69 Å². The fourth-order valence-corrected chi connectivity index (χ4v) is 3.30. The van der Waals surface area contributed by atoms with Gasteiger partial charge in [0.05, 0.1) is 13.1 Å². The fourth-order valence-electron chi connectivity index (χ4n) is 2.40. The summed E-state index contributed by atoms with van der Waals surface area (Å²) in [5.74, 6) is -1.35. The summed E-state index contributed by atoms with van der Waals surface area (Å²) in [4.78, 5) is 30.4. The van der Waals surface area contributed by atoms with E-state index in [1.807, 2.05) is 24.3 Å². The zero-order chi connectivity index (χ0) is 18.4. The number of benzene rings is 1. The number of carbonyl (C=O) groups is 2. The lowest BCUT2D eigenvalue weighted by Crippen LogP contribution is -2.35. The third-order valence-corrected chi connectivity index (χ3v) is 4.99. The normalized spacial score (nSPS) is 10.5. The van der Waals surface area contributed by atoms with E-state index in [1.54, 1.807) is 34.5 Å². The number of aryl methyl sites for hydroxylation is 1. The van der Waals surface area contributed by atoms with Gasteiger partial charge in [-0.25, -0.2) is 9.67 Å². The Kier molecular flexibility index (Phi) is 5.75. The lowest BCUT2D eigenvalue weighted by molar-refractivity contribution is -0.136. The molecule has 0 fully saturated rings. The monoisotopic (exact) mass is 369 g/mol. The largest absolute Gasteiger partial charge is 0.343 e. The van der Waals surface area contributed by atoms with Crippen molar-refractivity contribution in [1.82, 2.24) is 20.1 Å². The van der Waals surface area contributed by atoms with Crippen LogP contribution in [0.15, 0.2) is 49.1 Å². The van der Waals surface area contributed by atoms with E-state index in [0.29, 0.717) is 18.8 Å². The molecule has 0 saturated carbocycles. The van der Waals surface area contributed by atoms with Crippen molar-refractivity contribution in [2.45, 2.75) is 26.4 Å². The van der Waals surface area contributed by atoms with E-state index >= 15 is 0 Å². The number of anilines is 1. The Bertz CT molecular complexity index is 889. The van der Waals surface area contributed by atoms with Crippen LogP contribution in [0.2, 0.25) is 0 Å². The fraction of sp³-hybridized carbons (Fsp3) is 0.222. The molecule has 2 amide bonds. The molecule has 0 aliphatic heterocycles. The number of hydrogen-bond acceptors (Lipinski definition) is 5. The Morgan fingerprint density at radius 1 is 1.12 bits per heavy atom. The van der Waals surface area contributed by atoms with Gasteiger partial charge in [0, 0.05) is 15.4 Å². The van der Waals surface area contributed by atoms with Crippen LogP contribution in [0.25, 0.3) is 0 Å². The first-order chi connectivity index (χ1) is 12.7. The average molecular weight is 369 g/mol. The summed E-state index contributed by atoms with van der Waals surface area (Å²) in [6, 6.07) is 11.3. The smallest absolute Gasteiger partial charge is 0.313 e. The third-order valence-electron chi connectivity index (χ3n) is 3.76. The van der Waals surface area contributed by atoms with Crippen LogP contribution in [-0.2, 0) is 29.1 Å². The Hall–Kier alpha value is -3.00. The van der Waals surface area contributed by atoms with E-state index in [4.69, 9.17) is 0 Å². The van der Waals surface area contributed by atoms with Gasteiger partial charge in [-0.3, -0.25) is 9.59 Å². The van der Waals surface area contributed by atoms with Gasteiger partial charge in [0.15, 0.2) is 0 Å². The van der Waals surface area contributed by atoms with Gasteiger partial charge in [-0.15, -0.1) is 11.3 Å². The molecule has 134 valence electrons. The number of amides is 2. The van der Waals surface area contributed by atoms with Crippen LogP contribution in [0.3, 0.4) is 0 Å². The zero-order valence-electron chi connectivity index (χ0n) is 14.3. The van der Waals surface area contributed by atoms with Crippen molar-refractivity contribution in [2.24, 2.45) is 0 Å². The second-order valence-electron chi connectivity index (χ2n) is 5.61. The molecule has 1 aromatic carbocycles. The molecule has 3 rings (SSSR count). The molecule has 7 nitrogen and oxygen atoms in total. The van der Waals surface area contributed by atoms with Crippen molar-refractivity contribution in [3.05, 3.63) is 64.4 Å². The van der Waals surface area contributed by atoms with Crippen molar-refractivity contribution in [1.29, 1.82) is 0 Å². The molecule has 2 N–H and O–H groups in total. The molecule has 0 atom stereocenters. The van der Waals surface area contributed by atoms with Gasteiger partial charge in [-0.2, -0.15) is 5.10 Å². The highest BCUT2D eigenvalue weighted by molar-refractivity contribution is 7.11. The first kappa shape index (κ1) is 17.8. The maximum Gasteiger partial charge on any atom is 0.313 e. The number of thiophene rings is 1. The first-order valence-corrected chi connectivity index (χ1v) is 9.04. The van der Waals surface area contributed by atoms with E-state index in [2.05, 4.69) is 27.6 Å². The Labute approximate surface area is 155 Å². The number of para-hydroxylation sites is 1. The van der Waals surface area contributed by atoms with Crippen molar-refractivity contribution < 1.29 is 9.59 Å². The van der Waals surface area contributed by atoms with Gasteiger partial charge in [0.1, 0.15) is 12.7 Å². The Balaban J connectivity index is 1.59. The second-order valence-corrected chi connectivity index (χ2v) is 6.86. The predicted octanol–water partition coefficient (Wildman–Crippen LogP) is 2.21. The van der Waals surface area contributed by atoms with Crippen LogP contribution in [-0.4, -0.2) is 26.6 Å². The SMILES string of the molecule is CCc1ccc(CNC(=O)C(=O)Nc2ccccc2Cn2cncn2)s1. The minimum absolute atomic E-state index is 0.345. The topological polar surface area (TPSA) is 88.9 Å². The van der Waals surface area contributed by atoms with Gasteiger partial charge in [-0.05, 0) is 30.2 Å². The lowest BCUT2D eigenvalue weighted by Gasteiger charge is -2.11. The standard InChI is InChI=1S/C18H19N5O2S/c1-2-14-7-8-15(26-14)9-20-17(24)18(25)22-16-6-4-3-5-13(16)10-23-12-19-11-21-23/h3-8,11-12H,2,9-10H2,1H3,(H,20,24)(H,22,25). The summed E-state index contributed by atoms with van der Waals surface area (Å²) in [7, 11) is 0. The Morgan fingerprint density at radius 3 is 2.65 bits per heavy atom. The van der Waals surface area contributed by atoms with Crippen molar-refractivity contribution >= 4 is 28.8 Å². The Morgan fingerprint density at radius 2 is 1.92 bits per heavy atom. The molecule has 0 aliphatic carbocycles. The molecule has 0 bridgehead atoms. The number of hydrogen-bond donors (Lipinski definition) is 2. The molecular formula is C18H19N5O2S. The molecule has 2 heterocycles. The van der Waals surface area contributed by atoms with Gasteiger partial charge < -0.3 is 10.6 Å². The lowest BCUT2D eigenvalue weighted by atomic mass is 10.1. The number of rotatable bonds is 6. The van der Waals surface area contributed by atoms with E-state index in [1.165, 1.54) is 11.2 Å². The highest BCUT2D eigenvalue weighted by Gasteiger charge is 2.15. The average Bonchev–Trinajstić information content (AvgIpc) is 3.32. The van der Waals surface area contributed by atoms with Crippen LogP contribution in [0, 0.1) is 0 Å². The summed E-state index contributed by atoms with van der Waals surface area (Å²) in [5, 5.41) is 9.37. The summed E-state index contributed by atoms with van der Waals surface area (Å²) >= 11 is 1.63. The van der Waals surface area contributed by atoms with Crippen molar-refractivity contribution in [2.75, 3.05) is 5.32 Å². The molecule has 2 aromatic heterocycles. The zero-order valence-corrected chi connectivity index (χ0v) is 15.1. The maximum absolute atomic E-state index is 12.2. The molecule has 26 heavy (non-hydrogen) atoms. The highest BCUT2D eigenvalue weighted by atomic mass is 32.1. The van der Waals surface area contributed by atoms with Gasteiger partial charge in [-0.1, -0.05) is 25.1 Å². The molecule has 0 radical (unpaired) electrons. The molecule has 8 heteroatoms. The third kappa shape index (κ3) is 4.54. The molecular weight excluding hydrogens is 350 g/mol. The predicted molar refractivity (Wildman–Crippen MR) is 99.7 cm³/mol. The van der Waals surface area contributed by atoms with Gasteiger partial charge in [0.2, 0.25) is 0 Å². The van der Waals surface area contributed by atoms with Crippen molar-refractivity contribution in [3.8, 4) is 0 Å². The summed E-state index contributed by atoms with van der Waals surface area (Å²) in [6.07, 6.45) is 4.00. The van der Waals surface area contributed by atoms with Crippen LogP contribution in [0.1, 0.15) is 22.2 Å². The van der Waals surface area contributed by atoms with E-state index in [9.17, 15) is 9.59 Å². The number of nitrogens with zero attached hydrogens (tertiary/aromatic N) is 3. The summed E-state index contributed by atoms with van der Waals surface area (Å²) in [6.45, 7) is 2.88. The minimum atomic E-state index is -0.691. The summed E-state index contributed by atoms with van der Waals surface area (Å²) in [5.41, 5.74) is 1.41. The number of nitrogens with one attached hydrogen (secondary N) is 2. The minimum Gasteiger partial charge on any atom is -0.343 e. The second kappa shape index (κ2) is 8.39. The van der Waals surface area contributed by atoms with Crippen molar-refractivity contribution in [3.63, 3.8) is 0 Å². The summed E-state index contributed by atoms with van der Waals surface area (Å²) < 4.78 is 1.65. The number of carbonyl (C=O) groups excluding carboxylic acids is 2.